The summed E-state index contributed by atoms with van der Waals surface area (Å²) >= 11 is 1.70. The van der Waals surface area contributed by atoms with Crippen LogP contribution in [0.2, 0.25) is 0 Å². The molecule has 2 aromatic rings. The molecule has 0 bridgehead atoms. The summed E-state index contributed by atoms with van der Waals surface area (Å²) in [6.45, 7) is 5.97. The highest BCUT2D eigenvalue weighted by Gasteiger charge is 1.98. The Labute approximate surface area is 107 Å². The number of rotatable bonds is 5. The Hall–Kier alpha value is -1.19. The van der Waals surface area contributed by atoms with Crippen LogP contribution < -0.4 is 5.32 Å². The molecule has 0 spiro atoms. The van der Waals surface area contributed by atoms with Gasteiger partial charge in [-0.2, -0.15) is 0 Å². The predicted octanol–water partition coefficient (Wildman–Crippen LogP) is 3.30. The van der Waals surface area contributed by atoms with Gasteiger partial charge in [-0.25, -0.2) is 4.98 Å². The number of benzene rings is 1. The van der Waals surface area contributed by atoms with Gasteiger partial charge in [0.1, 0.15) is 0 Å². The molecule has 0 saturated heterocycles. The summed E-state index contributed by atoms with van der Waals surface area (Å²) in [7, 11) is 0. The summed E-state index contributed by atoms with van der Waals surface area (Å²) in [5.41, 5.74) is 3.86. The minimum Gasteiger partial charge on any atom is -0.307 e. The Morgan fingerprint density at radius 3 is 2.41 bits per heavy atom. The van der Waals surface area contributed by atoms with Crippen molar-refractivity contribution in [2.75, 3.05) is 0 Å². The fourth-order valence-electron chi connectivity index (χ4n) is 1.72. The van der Waals surface area contributed by atoms with E-state index in [4.69, 9.17) is 0 Å². The fourth-order valence-corrected chi connectivity index (χ4v) is 2.33. The number of nitrogens with one attached hydrogen (secondary N) is 1. The van der Waals surface area contributed by atoms with E-state index in [0.29, 0.717) is 0 Å². The SMILES string of the molecule is CCc1ccc(CNCc2csc(C)n2)cc1. The van der Waals surface area contributed by atoms with Gasteiger partial charge >= 0.3 is 0 Å². The normalized spacial score (nSPS) is 10.7. The van der Waals surface area contributed by atoms with Crippen molar-refractivity contribution in [1.29, 1.82) is 0 Å². The number of nitrogens with zero attached hydrogens (tertiary/aromatic N) is 1. The summed E-state index contributed by atoms with van der Waals surface area (Å²) in [6.07, 6.45) is 1.10. The van der Waals surface area contributed by atoms with Crippen LogP contribution in [0.25, 0.3) is 0 Å². The van der Waals surface area contributed by atoms with Crippen LogP contribution in [0.15, 0.2) is 29.6 Å². The van der Waals surface area contributed by atoms with Gasteiger partial charge in [-0.3, -0.25) is 0 Å². The van der Waals surface area contributed by atoms with E-state index >= 15 is 0 Å². The molecule has 0 aliphatic heterocycles. The average molecular weight is 246 g/mol. The highest BCUT2D eigenvalue weighted by molar-refractivity contribution is 7.09. The van der Waals surface area contributed by atoms with E-state index in [1.54, 1.807) is 11.3 Å². The van der Waals surface area contributed by atoms with Crippen molar-refractivity contribution in [2.45, 2.75) is 33.4 Å². The van der Waals surface area contributed by atoms with Crippen LogP contribution in [0.1, 0.15) is 28.8 Å². The van der Waals surface area contributed by atoms with Crippen molar-refractivity contribution in [3.05, 3.63) is 51.5 Å². The second-order valence-corrected chi connectivity index (χ2v) is 5.19. The van der Waals surface area contributed by atoms with Crippen molar-refractivity contribution in [3.8, 4) is 0 Å². The molecule has 0 saturated carbocycles. The van der Waals surface area contributed by atoms with Gasteiger partial charge in [-0.15, -0.1) is 11.3 Å². The molecule has 17 heavy (non-hydrogen) atoms. The largest absolute Gasteiger partial charge is 0.307 e. The minimum absolute atomic E-state index is 0.847. The Balaban J connectivity index is 1.81. The molecule has 1 heterocycles. The lowest BCUT2D eigenvalue weighted by atomic mass is 10.1. The van der Waals surface area contributed by atoms with E-state index in [9.17, 15) is 0 Å². The zero-order valence-electron chi connectivity index (χ0n) is 10.4. The van der Waals surface area contributed by atoms with E-state index in [1.165, 1.54) is 11.1 Å². The highest BCUT2D eigenvalue weighted by Crippen LogP contribution is 2.08. The van der Waals surface area contributed by atoms with Crippen LogP contribution in [0.3, 0.4) is 0 Å². The van der Waals surface area contributed by atoms with E-state index in [1.807, 2.05) is 6.92 Å². The Morgan fingerprint density at radius 2 is 1.82 bits per heavy atom. The summed E-state index contributed by atoms with van der Waals surface area (Å²) in [6, 6.07) is 8.78. The molecule has 1 N–H and O–H groups in total. The minimum atomic E-state index is 0.847. The van der Waals surface area contributed by atoms with Gasteiger partial charge in [0.15, 0.2) is 0 Å². The van der Waals surface area contributed by atoms with Crippen LogP contribution in [-0.2, 0) is 19.5 Å². The summed E-state index contributed by atoms with van der Waals surface area (Å²) in [5, 5.41) is 6.66. The third-order valence-electron chi connectivity index (χ3n) is 2.73. The van der Waals surface area contributed by atoms with E-state index in [0.717, 1.165) is 30.2 Å². The van der Waals surface area contributed by atoms with Gasteiger partial charge in [0.2, 0.25) is 0 Å². The molecule has 3 heteroatoms. The smallest absolute Gasteiger partial charge is 0.0897 e. The average Bonchev–Trinajstić information content (AvgIpc) is 2.76. The zero-order valence-corrected chi connectivity index (χ0v) is 11.2. The Morgan fingerprint density at radius 1 is 1.12 bits per heavy atom. The first-order chi connectivity index (χ1) is 8.28. The van der Waals surface area contributed by atoms with E-state index < -0.39 is 0 Å². The lowest BCUT2D eigenvalue weighted by molar-refractivity contribution is 0.681. The number of aryl methyl sites for hydroxylation is 2. The second kappa shape index (κ2) is 5.94. The van der Waals surface area contributed by atoms with Crippen molar-refractivity contribution < 1.29 is 0 Å². The van der Waals surface area contributed by atoms with E-state index in [2.05, 4.69) is 46.9 Å². The van der Waals surface area contributed by atoms with Gasteiger partial charge in [0.25, 0.3) is 0 Å². The number of hydrogen-bond donors (Lipinski definition) is 1. The number of hydrogen-bond acceptors (Lipinski definition) is 3. The van der Waals surface area contributed by atoms with Crippen molar-refractivity contribution >= 4 is 11.3 Å². The standard InChI is InChI=1S/C14H18N2S/c1-3-12-4-6-13(7-5-12)8-15-9-14-10-17-11(2)16-14/h4-7,10,15H,3,8-9H2,1-2H3. The molecule has 0 fully saturated rings. The molecule has 0 radical (unpaired) electrons. The molecule has 1 aromatic heterocycles. The van der Waals surface area contributed by atoms with Crippen molar-refractivity contribution in [1.82, 2.24) is 10.3 Å². The highest BCUT2D eigenvalue weighted by atomic mass is 32.1. The van der Waals surface area contributed by atoms with Gasteiger partial charge in [0.05, 0.1) is 10.7 Å². The third-order valence-corrected chi connectivity index (χ3v) is 3.56. The molecule has 2 nitrogen and oxygen atoms in total. The van der Waals surface area contributed by atoms with Gasteiger partial charge in [-0.1, -0.05) is 31.2 Å². The monoisotopic (exact) mass is 246 g/mol. The Kier molecular flexibility index (Phi) is 4.29. The maximum Gasteiger partial charge on any atom is 0.0897 e. The molecular formula is C14H18N2S. The lowest BCUT2D eigenvalue weighted by Gasteiger charge is -2.04. The molecular weight excluding hydrogens is 228 g/mol. The third kappa shape index (κ3) is 3.65. The topological polar surface area (TPSA) is 24.9 Å². The van der Waals surface area contributed by atoms with Crippen molar-refractivity contribution in [2.24, 2.45) is 0 Å². The molecule has 2 rings (SSSR count). The maximum absolute atomic E-state index is 4.43. The summed E-state index contributed by atoms with van der Waals surface area (Å²) in [4.78, 5) is 4.43. The van der Waals surface area contributed by atoms with Gasteiger partial charge in [-0.05, 0) is 24.5 Å². The second-order valence-electron chi connectivity index (χ2n) is 4.13. The van der Waals surface area contributed by atoms with Crippen LogP contribution in [0.4, 0.5) is 0 Å². The van der Waals surface area contributed by atoms with Crippen molar-refractivity contribution in [3.63, 3.8) is 0 Å². The maximum atomic E-state index is 4.43. The molecule has 1 aromatic carbocycles. The molecule has 90 valence electrons. The molecule has 0 amide bonds. The fraction of sp³-hybridized carbons (Fsp3) is 0.357. The lowest BCUT2D eigenvalue weighted by Crippen LogP contribution is -2.12. The predicted molar refractivity (Wildman–Crippen MR) is 73.2 cm³/mol. The first-order valence-electron chi connectivity index (χ1n) is 5.97. The quantitative estimate of drug-likeness (QED) is 0.875. The number of thiazole rings is 1. The molecule has 0 aliphatic carbocycles. The van der Waals surface area contributed by atoms with Gasteiger partial charge in [0, 0.05) is 18.5 Å². The Bertz CT molecular complexity index is 459. The first-order valence-corrected chi connectivity index (χ1v) is 6.85. The summed E-state index contributed by atoms with van der Waals surface area (Å²) in [5.74, 6) is 0. The molecule has 0 unspecified atom stereocenters. The number of aromatic nitrogens is 1. The molecule has 0 atom stereocenters. The first kappa shape index (κ1) is 12.3. The van der Waals surface area contributed by atoms with Crippen LogP contribution in [0, 0.1) is 6.92 Å². The van der Waals surface area contributed by atoms with Crippen LogP contribution >= 0.6 is 11.3 Å². The van der Waals surface area contributed by atoms with Crippen LogP contribution in [-0.4, -0.2) is 4.98 Å². The molecule has 0 aliphatic rings. The zero-order chi connectivity index (χ0) is 12.1. The van der Waals surface area contributed by atoms with Gasteiger partial charge < -0.3 is 5.32 Å². The van der Waals surface area contributed by atoms with Crippen LogP contribution in [0.5, 0.6) is 0 Å². The van der Waals surface area contributed by atoms with E-state index in [-0.39, 0.29) is 0 Å². The summed E-state index contributed by atoms with van der Waals surface area (Å²) < 4.78 is 0.